The van der Waals surface area contributed by atoms with Gasteiger partial charge in [0.25, 0.3) is 0 Å². The van der Waals surface area contributed by atoms with E-state index in [0.717, 1.165) is 19.6 Å². The van der Waals surface area contributed by atoms with E-state index in [4.69, 9.17) is 9.47 Å². The zero-order valence-electron chi connectivity index (χ0n) is 12.5. The number of hydrogen-bond donors (Lipinski definition) is 0. The number of alkyl halides is 1. The molecule has 1 heterocycles. The summed E-state index contributed by atoms with van der Waals surface area (Å²) in [5, 5.41) is 0. The van der Waals surface area contributed by atoms with Crippen molar-refractivity contribution in [2.75, 3.05) is 13.2 Å². The van der Waals surface area contributed by atoms with Crippen molar-refractivity contribution in [2.45, 2.75) is 88.7 Å². The summed E-state index contributed by atoms with van der Waals surface area (Å²) >= 11 is 3.59. The summed E-state index contributed by atoms with van der Waals surface area (Å²) in [5.41, 5.74) is 0. The van der Waals surface area contributed by atoms with Crippen molar-refractivity contribution in [3.8, 4) is 0 Å². The van der Waals surface area contributed by atoms with Crippen molar-refractivity contribution in [1.82, 2.24) is 0 Å². The molecule has 0 radical (unpaired) electrons. The first-order valence-corrected chi connectivity index (χ1v) is 9.08. The molecule has 2 nitrogen and oxygen atoms in total. The molecule has 3 heteroatoms. The van der Waals surface area contributed by atoms with Crippen LogP contribution in [-0.4, -0.2) is 24.3 Å². The molecule has 0 bridgehead atoms. The lowest BCUT2D eigenvalue weighted by Gasteiger charge is -2.22. The fraction of sp³-hybridized carbons (Fsp3) is 1.00. The minimum atomic E-state index is 0.0972. The Morgan fingerprint density at radius 3 is 2.37 bits per heavy atom. The number of hydrogen-bond acceptors (Lipinski definition) is 2. The van der Waals surface area contributed by atoms with Crippen LogP contribution in [0.3, 0.4) is 0 Å². The molecule has 0 spiro atoms. The maximum Gasteiger partial charge on any atom is 0.157 e. The van der Waals surface area contributed by atoms with E-state index in [0.29, 0.717) is 4.83 Å². The van der Waals surface area contributed by atoms with Gasteiger partial charge in [-0.2, -0.15) is 0 Å². The average Bonchev–Trinajstić information content (AvgIpc) is 2.42. The Morgan fingerprint density at radius 2 is 1.74 bits per heavy atom. The molecular weight excluding hydrogens is 304 g/mol. The van der Waals surface area contributed by atoms with Crippen LogP contribution in [0.1, 0.15) is 77.6 Å². The Balaban J connectivity index is 1.73. The quantitative estimate of drug-likeness (QED) is 0.370. The van der Waals surface area contributed by atoms with Crippen LogP contribution in [0.4, 0.5) is 0 Å². The SMILES string of the molecule is CC(Br)CCCCCCCCCOC1CCCCO1. The highest BCUT2D eigenvalue weighted by Crippen LogP contribution is 2.15. The largest absolute Gasteiger partial charge is 0.353 e. The molecule has 1 rings (SSSR count). The van der Waals surface area contributed by atoms with Crippen LogP contribution in [0, 0.1) is 0 Å². The Morgan fingerprint density at radius 1 is 1.05 bits per heavy atom. The maximum absolute atomic E-state index is 5.73. The average molecular weight is 335 g/mol. The lowest BCUT2D eigenvalue weighted by molar-refractivity contribution is -0.162. The van der Waals surface area contributed by atoms with Gasteiger partial charge in [-0.15, -0.1) is 0 Å². The van der Waals surface area contributed by atoms with Crippen LogP contribution in [-0.2, 0) is 9.47 Å². The van der Waals surface area contributed by atoms with E-state index in [1.807, 2.05) is 0 Å². The predicted octanol–water partition coefficient (Wildman–Crippen LogP) is 5.43. The Kier molecular flexibility index (Phi) is 11.2. The van der Waals surface area contributed by atoms with Crippen molar-refractivity contribution in [1.29, 1.82) is 0 Å². The highest BCUT2D eigenvalue weighted by atomic mass is 79.9. The van der Waals surface area contributed by atoms with Gasteiger partial charge in [-0.1, -0.05) is 61.4 Å². The van der Waals surface area contributed by atoms with E-state index in [2.05, 4.69) is 22.9 Å². The molecule has 1 saturated heterocycles. The third-order valence-corrected chi connectivity index (χ3v) is 4.15. The van der Waals surface area contributed by atoms with Gasteiger partial charge in [0.15, 0.2) is 6.29 Å². The first kappa shape index (κ1) is 17.5. The van der Waals surface area contributed by atoms with Crippen LogP contribution in [0.5, 0.6) is 0 Å². The second-order valence-corrected chi connectivity index (χ2v) is 7.27. The molecule has 0 aromatic carbocycles. The van der Waals surface area contributed by atoms with E-state index >= 15 is 0 Å². The van der Waals surface area contributed by atoms with Crippen molar-refractivity contribution in [3.05, 3.63) is 0 Å². The van der Waals surface area contributed by atoms with Gasteiger partial charge in [0.05, 0.1) is 0 Å². The zero-order chi connectivity index (χ0) is 13.8. The van der Waals surface area contributed by atoms with Gasteiger partial charge >= 0.3 is 0 Å². The lowest BCUT2D eigenvalue weighted by atomic mass is 10.1. The minimum Gasteiger partial charge on any atom is -0.353 e. The molecule has 0 saturated carbocycles. The summed E-state index contributed by atoms with van der Waals surface area (Å²) in [6, 6.07) is 0. The van der Waals surface area contributed by atoms with E-state index < -0.39 is 0 Å². The van der Waals surface area contributed by atoms with E-state index in [9.17, 15) is 0 Å². The first-order chi connectivity index (χ1) is 9.29. The summed E-state index contributed by atoms with van der Waals surface area (Å²) in [6.07, 6.45) is 14.4. The normalized spacial score (nSPS) is 21.5. The van der Waals surface area contributed by atoms with Gasteiger partial charge < -0.3 is 9.47 Å². The third-order valence-electron chi connectivity index (χ3n) is 3.69. The second kappa shape index (κ2) is 12.2. The molecule has 1 fully saturated rings. The molecule has 2 atom stereocenters. The van der Waals surface area contributed by atoms with Crippen LogP contribution in [0.15, 0.2) is 0 Å². The number of ether oxygens (including phenoxy) is 2. The van der Waals surface area contributed by atoms with Gasteiger partial charge in [-0.3, -0.25) is 0 Å². The Bertz CT molecular complexity index is 191. The van der Waals surface area contributed by atoms with Crippen molar-refractivity contribution < 1.29 is 9.47 Å². The van der Waals surface area contributed by atoms with Crippen molar-refractivity contribution >= 4 is 15.9 Å². The van der Waals surface area contributed by atoms with Gasteiger partial charge in [0.1, 0.15) is 0 Å². The summed E-state index contributed by atoms with van der Waals surface area (Å²) in [4.78, 5) is 0.687. The monoisotopic (exact) mass is 334 g/mol. The molecule has 0 N–H and O–H groups in total. The van der Waals surface area contributed by atoms with E-state index in [-0.39, 0.29) is 6.29 Å². The zero-order valence-corrected chi connectivity index (χ0v) is 14.1. The summed E-state index contributed by atoms with van der Waals surface area (Å²) in [5.74, 6) is 0. The molecule has 114 valence electrons. The molecule has 1 aliphatic rings. The number of rotatable bonds is 11. The van der Waals surface area contributed by atoms with Crippen LogP contribution in [0.2, 0.25) is 0 Å². The van der Waals surface area contributed by atoms with E-state index in [1.54, 1.807) is 0 Å². The van der Waals surface area contributed by atoms with Crippen LogP contribution < -0.4 is 0 Å². The van der Waals surface area contributed by atoms with Gasteiger partial charge in [-0.05, 0) is 32.1 Å². The Hall–Kier alpha value is 0.400. The fourth-order valence-corrected chi connectivity index (χ4v) is 2.79. The molecule has 0 aromatic rings. The Labute approximate surface area is 127 Å². The standard InChI is InChI=1S/C16H31BrO2/c1-15(17)11-7-5-3-2-4-6-9-13-18-16-12-8-10-14-19-16/h15-16H,2-14H2,1H3. The number of halogens is 1. The third kappa shape index (κ3) is 10.8. The lowest BCUT2D eigenvalue weighted by Crippen LogP contribution is -2.22. The van der Waals surface area contributed by atoms with E-state index in [1.165, 1.54) is 64.2 Å². The predicted molar refractivity (Wildman–Crippen MR) is 84.9 cm³/mol. The highest BCUT2D eigenvalue weighted by Gasteiger charge is 2.13. The summed E-state index contributed by atoms with van der Waals surface area (Å²) in [6.45, 7) is 4.00. The summed E-state index contributed by atoms with van der Waals surface area (Å²) in [7, 11) is 0. The molecular formula is C16H31BrO2. The summed E-state index contributed by atoms with van der Waals surface area (Å²) < 4.78 is 11.3. The second-order valence-electron chi connectivity index (χ2n) is 5.71. The van der Waals surface area contributed by atoms with Crippen LogP contribution in [0.25, 0.3) is 0 Å². The molecule has 0 aromatic heterocycles. The fourth-order valence-electron chi connectivity index (χ4n) is 2.47. The molecule has 0 amide bonds. The molecule has 0 aliphatic carbocycles. The first-order valence-electron chi connectivity index (χ1n) is 8.16. The van der Waals surface area contributed by atoms with Gasteiger partial charge in [0, 0.05) is 18.0 Å². The van der Waals surface area contributed by atoms with Crippen molar-refractivity contribution in [3.63, 3.8) is 0 Å². The van der Waals surface area contributed by atoms with Gasteiger partial charge in [-0.25, -0.2) is 0 Å². The van der Waals surface area contributed by atoms with Crippen LogP contribution >= 0.6 is 15.9 Å². The van der Waals surface area contributed by atoms with Gasteiger partial charge in [0.2, 0.25) is 0 Å². The van der Waals surface area contributed by atoms with Crippen molar-refractivity contribution in [2.24, 2.45) is 0 Å². The smallest absolute Gasteiger partial charge is 0.157 e. The minimum absolute atomic E-state index is 0.0972. The molecule has 2 unspecified atom stereocenters. The molecule has 19 heavy (non-hydrogen) atoms. The topological polar surface area (TPSA) is 18.5 Å². The number of unbranched alkanes of at least 4 members (excludes halogenated alkanes) is 6. The highest BCUT2D eigenvalue weighted by molar-refractivity contribution is 9.09. The molecule has 1 aliphatic heterocycles. The maximum atomic E-state index is 5.73.